The van der Waals surface area contributed by atoms with Gasteiger partial charge in [0.25, 0.3) is 5.56 Å². The van der Waals surface area contributed by atoms with Crippen LogP contribution in [0.25, 0.3) is 16.9 Å². The molecule has 5 heterocycles. The van der Waals surface area contributed by atoms with Crippen molar-refractivity contribution in [2.45, 2.75) is 38.8 Å². The van der Waals surface area contributed by atoms with Gasteiger partial charge in [0.2, 0.25) is 5.95 Å². The zero-order valence-corrected chi connectivity index (χ0v) is 22.6. The second-order valence-corrected chi connectivity index (χ2v) is 10.8. The predicted molar refractivity (Wildman–Crippen MR) is 153 cm³/mol. The number of rotatable bonds is 3. The molecule has 0 unspecified atom stereocenters. The highest BCUT2D eigenvalue weighted by Gasteiger charge is 2.26. The molecule has 1 saturated heterocycles. The fourth-order valence-corrected chi connectivity index (χ4v) is 5.28. The van der Waals surface area contributed by atoms with Crippen LogP contribution >= 0.6 is 0 Å². The Labute approximate surface area is 227 Å². The Balaban J connectivity index is 1.38. The van der Waals surface area contributed by atoms with Crippen LogP contribution in [0.1, 0.15) is 32.4 Å². The summed E-state index contributed by atoms with van der Waals surface area (Å²) in [4.78, 5) is 32.2. The number of nitrogens with zero attached hydrogens (tertiary/aromatic N) is 7. The lowest BCUT2D eigenvalue weighted by Gasteiger charge is -2.34. The zero-order valence-electron chi connectivity index (χ0n) is 22.6. The molecule has 10 nitrogen and oxygen atoms in total. The third-order valence-corrected chi connectivity index (χ3v) is 7.69. The highest BCUT2D eigenvalue weighted by Crippen LogP contribution is 2.28. The van der Waals surface area contributed by atoms with Gasteiger partial charge >= 0.3 is 0 Å². The number of piperazine rings is 1. The normalized spacial score (nSPS) is 21.6. The van der Waals surface area contributed by atoms with E-state index in [1.807, 2.05) is 37.3 Å². The van der Waals surface area contributed by atoms with Gasteiger partial charge in [-0.2, -0.15) is 4.98 Å². The van der Waals surface area contributed by atoms with Crippen LogP contribution < -0.4 is 15.8 Å². The van der Waals surface area contributed by atoms with Crippen molar-refractivity contribution in [3.05, 3.63) is 76.4 Å². The Morgan fingerprint density at radius 3 is 2.56 bits per heavy atom. The van der Waals surface area contributed by atoms with E-state index >= 15 is 0 Å². The fraction of sp³-hybridized carbons (Fsp3) is 0.379. The number of hydrogen-bond acceptors (Lipinski definition) is 8. The Hall–Kier alpha value is -4.02. The first-order chi connectivity index (χ1) is 18.8. The van der Waals surface area contributed by atoms with Crippen LogP contribution in [0.2, 0.25) is 0 Å². The van der Waals surface area contributed by atoms with Gasteiger partial charge in [-0.1, -0.05) is 17.7 Å². The van der Waals surface area contributed by atoms with Crippen LogP contribution in [0.15, 0.2) is 65.1 Å². The van der Waals surface area contributed by atoms with Crippen molar-refractivity contribution < 1.29 is 5.11 Å². The molecule has 1 fully saturated rings. The number of nitrogens with one attached hydrogen (secondary N) is 1. The average molecular weight is 527 g/mol. The summed E-state index contributed by atoms with van der Waals surface area (Å²) < 4.78 is 3.38. The zero-order chi connectivity index (χ0) is 27.1. The molecule has 0 amide bonds. The van der Waals surface area contributed by atoms with E-state index in [4.69, 9.17) is 9.97 Å². The summed E-state index contributed by atoms with van der Waals surface area (Å²) in [5.41, 5.74) is 2.82. The number of anilines is 3. The Bertz CT molecular complexity index is 1590. The van der Waals surface area contributed by atoms with Gasteiger partial charge < -0.3 is 20.2 Å². The maximum atomic E-state index is 13.5. The van der Waals surface area contributed by atoms with E-state index in [-0.39, 0.29) is 5.56 Å². The number of fused-ring (bicyclic) bond motifs is 6. The van der Waals surface area contributed by atoms with E-state index < -0.39 is 5.60 Å². The molecule has 0 saturated carbocycles. The largest absolute Gasteiger partial charge is 0.384 e. The van der Waals surface area contributed by atoms with Gasteiger partial charge in [-0.15, -0.1) is 0 Å². The highest BCUT2D eigenvalue weighted by atomic mass is 16.3. The van der Waals surface area contributed by atoms with E-state index in [0.29, 0.717) is 47.9 Å². The summed E-state index contributed by atoms with van der Waals surface area (Å²) in [6.45, 7) is 8.29. The summed E-state index contributed by atoms with van der Waals surface area (Å²) in [6, 6.07) is 13.8. The van der Waals surface area contributed by atoms with E-state index in [1.165, 1.54) is 5.69 Å². The van der Waals surface area contributed by atoms with Crippen LogP contribution in [-0.4, -0.2) is 67.5 Å². The topological polar surface area (TPSA) is 104 Å². The van der Waals surface area contributed by atoms with Crippen LogP contribution in [0, 0.1) is 0 Å². The van der Waals surface area contributed by atoms with E-state index in [1.54, 1.807) is 22.5 Å². The van der Waals surface area contributed by atoms with Crippen LogP contribution in [-0.2, 0) is 12.1 Å². The molecule has 2 N–H and O–H groups in total. The first-order valence-electron chi connectivity index (χ1n) is 13.4. The van der Waals surface area contributed by atoms with Crippen molar-refractivity contribution in [1.82, 2.24) is 29.2 Å². The first-order valence-corrected chi connectivity index (χ1v) is 13.4. The molecule has 0 aliphatic carbocycles. The number of benzene rings is 1. The van der Waals surface area contributed by atoms with Crippen LogP contribution in [0.5, 0.6) is 0 Å². The Morgan fingerprint density at radius 2 is 1.79 bits per heavy atom. The molecular weight excluding hydrogens is 492 g/mol. The lowest BCUT2D eigenvalue weighted by Crippen LogP contribution is -2.44. The van der Waals surface area contributed by atoms with Crippen molar-refractivity contribution in [2.24, 2.45) is 0 Å². The summed E-state index contributed by atoms with van der Waals surface area (Å²) >= 11 is 0. The second kappa shape index (κ2) is 9.94. The fourth-order valence-electron chi connectivity index (χ4n) is 5.28. The molecule has 39 heavy (non-hydrogen) atoms. The number of likely N-dealkylation sites (N-methyl/N-ethyl adjacent to an activating group) is 1. The minimum absolute atomic E-state index is 0.181. The molecule has 0 spiro atoms. The maximum Gasteiger partial charge on any atom is 0.278 e. The molecule has 2 aliphatic rings. The monoisotopic (exact) mass is 526 g/mol. The molecule has 1 aromatic carbocycles. The van der Waals surface area contributed by atoms with Crippen molar-refractivity contribution in [1.29, 1.82) is 0 Å². The third kappa shape index (κ3) is 4.93. The predicted octanol–water partition coefficient (Wildman–Crippen LogP) is 3.42. The van der Waals surface area contributed by atoms with Gasteiger partial charge in [0.05, 0.1) is 12.2 Å². The molecule has 3 aromatic heterocycles. The van der Waals surface area contributed by atoms with Crippen molar-refractivity contribution in [3.63, 3.8) is 0 Å². The second-order valence-electron chi connectivity index (χ2n) is 10.8. The summed E-state index contributed by atoms with van der Waals surface area (Å²) in [6.07, 6.45) is 4.86. The molecular formula is C29H34N8O2. The first kappa shape index (κ1) is 25.3. The summed E-state index contributed by atoms with van der Waals surface area (Å²) in [5, 5.41) is 14.8. The molecule has 2 bridgehead atoms. The number of hydrogen-bond donors (Lipinski definition) is 2. The quantitative estimate of drug-likeness (QED) is 0.392. The molecule has 10 heteroatoms. The number of allylic oxidation sites excluding steroid dienone is 2. The van der Waals surface area contributed by atoms with Gasteiger partial charge in [-0.25, -0.2) is 19.3 Å². The number of aromatic nitrogens is 5. The van der Waals surface area contributed by atoms with Gasteiger partial charge in [-0.3, -0.25) is 4.79 Å². The molecule has 2 aliphatic heterocycles. The molecule has 6 rings (SSSR count). The van der Waals surface area contributed by atoms with Crippen molar-refractivity contribution >= 4 is 28.4 Å². The lowest BCUT2D eigenvalue weighted by molar-refractivity contribution is 0.0442. The van der Waals surface area contributed by atoms with Crippen molar-refractivity contribution in [3.8, 4) is 5.82 Å². The SMILES string of the molecule is C/C1=C/CC[C@@](C)(O)c2cccc(n2)-n2c3nc(Nc4ccc(N5CCN(C)CC5)cc4)ncc3c(=O)n2C1. The van der Waals surface area contributed by atoms with Gasteiger partial charge in [-0.05, 0) is 70.1 Å². The molecule has 1 atom stereocenters. The lowest BCUT2D eigenvalue weighted by atomic mass is 9.95. The molecule has 202 valence electrons. The minimum atomic E-state index is -1.09. The number of pyridine rings is 1. The minimum Gasteiger partial charge on any atom is -0.384 e. The van der Waals surface area contributed by atoms with Crippen LogP contribution in [0.4, 0.5) is 17.3 Å². The highest BCUT2D eigenvalue weighted by molar-refractivity contribution is 5.77. The van der Waals surface area contributed by atoms with E-state index in [2.05, 4.69) is 45.4 Å². The molecule has 0 radical (unpaired) electrons. The van der Waals surface area contributed by atoms with Gasteiger partial charge in [0, 0.05) is 43.8 Å². The summed E-state index contributed by atoms with van der Waals surface area (Å²) in [7, 11) is 2.15. The Morgan fingerprint density at radius 1 is 1.03 bits per heavy atom. The van der Waals surface area contributed by atoms with E-state index in [9.17, 15) is 9.90 Å². The third-order valence-electron chi connectivity index (χ3n) is 7.69. The van der Waals surface area contributed by atoms with Gasteiger partial charge in [0.15, 0.2) is 11.5 Å². The summed E-state index contributed by atoms with van der Waals surface area (Å²) in [5.74, 6) is 0.913. The van der Waals surface area contributed by atoms with Crippen LogP contribution in [0.3, 0.4) is 0 Å². The average Bonchev–Trinajstić information content (AvgIpc) is 3.19. The number of aliphatic hydroxyl groups is 1. The smallest absolute Gasteiger partial charge is 0.278 e. The standard InChI is InChI=1S/C29H34N8O2/c1-20-6-5-13-29(2,39)24-7-4-8-25(32-24)37-26-23(27(38)36(37)19-20)18-30-28(33-26)31-21-9-11-22(12-10-21)35-16-14-34(3)15-17-35/h4,6-12,18,39H,5,13-17,19H2,1-3H3,(H,30,31,33)/b20-6-/t29-/m1/s1. The van der Waals surface area contributed by atoms with Gasteiger partial charge in [0.1, 0.15) is 11.0 Å². The molecule has 4 aromatic rings. The van der Waals surface area contributed by atoms with Crippen molar-refractivity contribution in [2.75, 3.05) is 43.4 Å². The Kier molecular flexibility index (Phi) is 6.44. The maximum absolute atomic E-state index is 13.5. The van der Waals surface area contributed by atoms with E-state index in [0.717, 1.165) is 37.4 Å².